The minimum atomic E-state index is -1.04. The zero-order valence-corrected chi connectivity index (χ0v) is 12.4. The van der Waals surface area contributed by atoms with Crippen LogP contribution >= 0.6 is 23.2 Å². The number of ether oxygens (including phenoxy) is 1. The number of nitrogens with zero attached hydrogens (tertiary/aromatic N) is 1. The number of benzene rings is 1. The molecule has 0 fully saturated rings. The van der Waals surface area contributed by atoms with Gasteiger partial charge in [-0.3, -0.25) is 0 Å². The molecule has 0 saturated heterocycles. The average Bonchev–Trinajstić information content (AvgIpc) is 2.87. The van der Waals surface area contributed by atoms with Gasteiger partial charge in [0.25, 0.3) is 0 Å². The van der Waals surface area contributed by atoms with Gasteiger partial charge < -0.3 is 15.0 Å². The van der Waals surface area contributed by atoms with Crippen molar-refractivity contribution in [1.82, 2.24) is 15.3 Å². The predicted molar refractivity (Wildman–Crippen MR) is 78.6 cm³/mol. The molecule has 0 atom stereocenters. The molecule has 114 valence electrons. The zero-order valence-electron chi connectivity index (χ0n) is 10.9. The molecule has 0 radical (unpaired) electrons. The molecule has 0 saturated carbocycles. The second-order valence-electron chi connectivity index (χ2n) is 4.33. The lowest BCUT2D eigenvalue weighted by molar-refractivity contribution is 0.201. The summed E-state index contributed by atoms with van der Waals surface area (Å²) in [6.07, 6.45) is 0.373. The van der Waals surface area contributed by atoms with Gasteiger partial charge in [0.05, 0.1) is 20.9 Å². The first-order valence-corrected chi connectivity index (χ1v) is 6.72. The summed E-state index contributed by atoms with van der Waals surface area (Å²) in [5.74, 6) is -2.38. The van der Waals surface area contributed by atoms with Gasteiger partial charge in [-0.15, -0.1) is 0 Å². The standard InChI is InChI=1S/C13H7Cl2F2N3O2/c1-18-13(21)22-11-6(17)2-5(16)7-8-9(15)4(14)3-19-12(8)20-10(7)11/h2-3H,1H3,(H,18,21)(H,19,20). The van der Waals surface area contributed by atoms with Gasteiger partial charge in [0.15, 0.2) is 11.6 Å². The van der Waals surface area contributed by atoms with Gasteiger partial charge in [0, 0.05) is 24.7 Å². The van der Waals surface area contributed by atoms with E-state index in [1.54, 1.807) is 0 Å². The van der Waals surface area contributed by atoms with Gasteiger partial charge in [0.2, 0.25) is 0 Å². The van der Waals surface area contributed by atoms with Gasteiger partial charge in [-0.25, -0.2) is 18.6 Å². The second-order valence-corrected chi connectivity index (χ2v) is 5.11. The Morgan fingerprint density at radius 1 is 1.32 bits per heavy atom. The molecule has 2 N–H and O–H groups in total. The van der Waals surface area contributed by atoms with Crippen LogP contribution in [-0.4, -0.2) is 23.1 Å². The Morgan fingerprint density at radius 3 is 2.73 bits per heavy atom. The third kappa shape index (κ3) is 2.13. The van der Waals surface area contributed by atoms with Gasteiger partial charge in [-0.1, -0.05) is 23.2 Å². The van der Waals surface area contributed by atoms with Crippen LogP contribution in [0, 0.1) is 11.6 Å². The van der Waals surface area contributed by atoms with Gasteiger partial charge in [-0.2, -0.15) is 0 Å². The third-order valence-electron chi connectivity index (χ3n) is 3.05. The predicted octanol–water partition coefficient (Wildman–Crippen LogP) is 4.02. The molecule has 0 aliphatic rings. The molecule has 3 rings (SSSR count). The maximum atomic E-state index is 14.2. The SMILES string of the molecule is CNC(=O)Oc1c(F)cc(F)c2c1[nH]c1ncc(Cl)c(Cl)c12. The molecule has 0 spiro atoms. The van der Waals surface area contributed by atoms with E-state index in [2.05, 4.69) is 15.3 Å². The summed E-state index contributed by atoms with van der Waals surface area (Å²) in [5.41, 5.74) is 0.114. The van der Waals surface area contributed by atoms with Crippen LogP contribution in [0.5, 0.6) is 5.75 Å². The van der Waals surface area contributed by atoms with Crippen molar-refractivity contribution in [3.63, 3.8) is 0 Å². The number of pyridine rings is 1. The average molecular weight is 346 g/mol. The van der Waals surface area contributed by atoms with E-state index >= 15 is 0 Å². The van der Waals surface area contributed by atoms with E-state index in [0.717, 1.165) is 0 Å². The summed E-state index contributed by atoms with van der Waals surface area (Å²) in [6.45, 7) is 0. The molecular formula is C13H7Cl2F2N3O2. The lowest BCUT2D eigenvalue weighted by atomic mass is 10.1. The molecule has 0 aliphatic carbocycles. The summed E-state index contributed by atoms with van der Waals surface area (Å²) in [6, 6.07) is 0.602. The van der Waals surface area contributed by atoms with Crippen molar-refractivity contribution < 1.29 is 18.3 Å². The Hall–Kier alpha value is -2.12. The number of fused-ring (bicyclic) bond motifs is 3. The molecule has 22 heavy (non-hydrogen) atoms. The maximum Gasteiger partial charge on any atom is 0.412 e. The first-order valence-electron chi connectivity index (χ1n) is 5.97. The van der Waals surface area contributed by atoms with E-state index < -0.39 is 23.5 Å². The molecule has 1 amide bonds. The molecule has 1 aromatic carbocycles. The first kappa shape index (κ1) is 14.8. The lowest BCUT2D eigenvalue weighted by Gasteiger charge is -2.06. The summed E-state index contributed by atoms with van der Waals surface area (Å²) in [4.78, 5) is 18.0. The largest absolute Gasteiger partial charge is 0.412 e. The van der Waals surface area contributed by atoms with Gasteiger partial charge >= 0.3 is 6.09 Å². The summed E-state index contributed by atoms with van der Waals surface area (Å²) in [7, 11) is 1.31. The van der Waals surface area contributed by atoms with Crippen LogP contribution in [0.3, 0.4) is 0 Å². The number of amides is 1. The van der Waals surface area contributed by atoms with Crippen molar-refractivity contribution in [2.45, 2.75) is 0 Å². The third-order valence-corrected chi connectivity index (χ3v) is 3.83. The quantitative estimate of drug-likeness (QED) is 0.699. The van der Waals surface area contributed by atoms with E-state index in [1.807, 2.05) is 0 Å². The van der Waals surface area contributed by atoms with Crippen molar-refractivity contribution in [2.24, 2.45) is 0 Å². The Labute approximate surface area is 132 Å². The fraction of sp³-hybridized carbons (Fsp3) is 0.0769. The Bertz CT molecular complexity index is 927. The number of carbonyl (C=O) groups excluding carboxylic acids is 1. The van der Waals surface area contributed by atoms with Crippen LogP contribution in [0.1, 0.15) is 0 Å². The molecular weight excluding hydrogens is 339 g/mol. The Morgan fingerprint density at radius 2 is 2.05 bits per heavy atom. The molecule has 0 aliphatic heterocycles. The number of rotatable bonds is 1. The smallest absolute Gasteiger partial charge is 0.405 e. The molecule has 3 aromatic rings. The molecule has 5 nitrogen and oxygen atoms in total. The minimum Gasteiger partial charge on any atom is -0.405 e. The molecule has 0 bridgehead atoms. The van der Waals surface area contributed by atoms with E-state index in [1.165, 1.54) is 13.2 Å². The van der Waals surface area contributed by atoms with E-state index in [4.69, 9.17) is 27.9 Å². The van der Waals surface area contributed by atoms with Crippen molar-refractivity contribution >= 4 is 51.2 Å². The Balaban J connectivity index is 2.43. The number of carbonyl (C=O) groups is 1. The zero-order chi connectivity index (χ0) is 16.0. The van der Waals surface area contributed by atoms with Gasteiger partial charge in [-0.05, 0) is 0 Å². The lowest BCUT2D eigenvalue weighted by Crippen LogP contribution is -2.22. The van der Waals surface area contributed by atoms with E-state index in [-0.39, 0.29) is 32.0 Å². The number of aromatic amines is 1. The summed E-state index contributed by atoms with van der Waals surface area (Å²) >= 11 is 11.9. The van der Waals surface area contributed by atoms with E-state index in [9.17, 15) is 13.6 Å². The molecule has 9 heteroatoms. The monoisotopic (exact) mass is 345 g/mol. The number of hydrogen-bond acceptors (Lipinski definition) is 3. The van der Waals surface area contributed by atoms with Crippen molar-refractivity contribution in [2.75, 3.05) is 7.05 Å². The highest BCUT2D eigenvalue weighted by molar-refractivity contribution is 6.46. The van der Waals surface area contributed by atoms with E-state index in [0.29, 0.717) is 6.07 Å². The topological polar surface area (TPSA) is 67.0 Å². The fourth-order valence-corrected chi connectivity index (χ4v) is 2.49. The van der Waals surface area contributed by atoms with Crippen LogP contribution in [0.4, 0.5) is 13.6 Å². The van der Waals surface area contributed by atoms with Crippen LogP contribution in [0.25, 0.3) is 21.9 Å². The van der Waals surface area contributed by atoms with Crippen LogP contribution in [-0.2, 0) is 0 Å². The van der Waals surface area contributed by atoms with Crippen LogP contribution < -0.4 is 10.1 Å². The molecule has 2 aromatic heterocycles. The summed E-state index contributed by atoms with van der Waals surface area (Å²) in [5, 5.41) is 2.48. The van der Waals surface area contributed by atoms with Crippen molar-refractivity contribution in [3.05, 3.63) is 33.9 Å². The highest BCUT2D eigenvalue weighted by atomic mass is 35.5. The maximum absolute atomic E-state index is 14.2. The van der Waals surface area contributed by atoms with Crippen LogP contribution in [0.15, 0.2) is 12.3 Å². The minimum absolute atomic E-state index is 0.0599. The normalized spacial score (nSPS) is 11.1. The Kier molecular flexibility index (Phi) is 3.54. The molecule has 2 heterocycles. The summed E-state index contributed by atoms with van der Waals surface area (Å²) < 4.78 is 33.0. The number of H-pyrrole nitrogens is 1. The molecule has 0 unspecified atom stereocenters. The number of hydrogen-bond donors (Lipinski definition) is 2. The first-order chi connectivity index (χ1) is 10.4. The van der Waals surface area contributed by atoms with Crippen LogP contribution in [0.2, 0.25) is 10.0 Å². The number of nitrogens with one attached hydrogen (secondary N) is 2. The second kappa shape index (κ2) is 5.26. The fourth-order valence-electron chi connectivity index (χ4n) is 2.12. The van der Waals surface area contributed by atoms with Gasteiger partial charge in [0.1, 0.15) is 11.5 Å². The van der Waals surface area contributed by atoms with Crippen molar-refractivity contribution in [3.8, 4) is 5.75 Å². The van der Waals surface area contributed by atoms with Crippen molar-refractivity contribution in [1.29, 1.82) is 0 Å². The number of halogens is 4. The number of aromatic nitrogens is 2. The highest BCUT2D eigenvalue weighted by Crippen LogP contribution is 2.40. The highest BCUT2D eigenvalue weighted by Gasteiger charge is 2.22.